The topological polar surface area (TPSA) is 171 Å². The number of amides is 3. The summed E-state index contributed by atoms with van der Waals surface area (Å²) >= 11 is 0. The van der Waals surface area contributed by atoms with Crippen molar-refractivity contribution in [3.05, 3.63) is 0 Å². The van der Waals surface area contributed by atoms with Crippen LogP contribution in [-0.4, -0.2) is 64.7 Å². The average Bonchev–Trinajstić information content (AvgIpc) is 2.57. The molecule has 0 aliphatic rings. The van der Waals surface area contributed by atoms with Gasteiger partial charge in [-0.05, 0) is 19.8 Å². The molecule has 25 heavy (non-hydrogen) atoms. The van der Waals surface area contributed by atoms with E-state index in [0.717, 1.165) is 0 Å². The van der Waals surface area contributed by atoms with Crippen LogP contribution in [0.25, 0.3) is 0 Å². The Kier molecular flexibility index (Phi) is 9.69. The van der Waals surface area contributed by atoms with Crippen LogP contribution in [0.1, 0.15) is 34.1 Å². The predicted octanol–water partition coefficient (Wildman–Crippen LogP) is -2.07. The van der Waals surface area contributed by atoms with Crippen LogP contribution in [0.5, 0.6) is 0 Å². The molecule has 0 saturated carbocycles. The van der Waals surface area contributed by atoms with E-state index >= 15 is 0 Å². The number of hydrogen-bond acceptors (Lipinski definition) is 6. The summed E-state index contributed by atoms with van der Waals surface area (Å²) in [5.74, 6) is -3.37. The molecule has 3 amide bonds. The summed E-state index contributed by atoms with van der Waals surface area (Å²) in [7, 11) is 0. The Bertz CT molecular complexity index is 498. The van der Waals surface area contributed by atoms with Gasteiger partial charge in [0.25, 0.3) is 0 Å². The number of rotatable bonds is 10. The van der Waals surface area contributed by atoms with E-state index in [4.69, 9.17) is 10.8 Å². The largest absolute Gasteiger partial charge is 0.480 e. The minimum atomic E-state index is -1.34. The molecule has 5 unspecified atom stereocenters. The van der Waals surface area contributed by atoms with E-state index < -0.39 is 54.5 Å². The van der Waals surface area contributed by atoms with Gasteiger partial charge < -0.3 is 31.9 Å². The molecule has 0 aromatic carbocycles. The van der Waals surface area contributed by atoms with E-state index in [2.05, 4.69) is 16.0 Å². The van der Waals surface area contributed by atoms with E-state index in [0.29, 0.717) is 6.42 Å². The molecule has 0 rings (SSSR count). The lowest BCUT2D eigenvalue weighted by Crippen LogP contribution is -2.57. The number of carboxylic acid groups (broad SMARTS) is 1. The second-order valence-corrected chi connectivity index (χ2v) is 5.95. The quantitative estimate of drug-likeness (QED) is 0.260. The fourth-order valence-corrected chi connectivity index (χ4v) is 1.75. The van der Waals surface area contributed by atoms with Crippen molar-refractivity contribution in [3.8, 4) is 0 Å². The number of carbonyl (C=O) groups excluding carboxylic acids is 3. The highest BCUT2D eigenvalue weighted by Gasteiger charge is 2.27. The van der Waals surface area contributed by atoms with Gasteiger partial charge in [0.1, 0.15) is 18.1 Å². The molecule has 0 heterocycles. The Balaban J connectivity index is 4.69. The van der Waals surface area contributed by atoms with Crippen LogP contribution in [-0.2, 0) is 19.2 Å². The molecule has 0 bridgehead atoms. The van der Waals surface area contributed by atoms with Gasteiger partial charge in [-0.3, -0.25) is 19.2 Å². The number of aliphatic carboxylic acids is 1. The molecule has 0 saturated heterocycles. The zero-order valence-corrected chi connectivity index (χ0v) is 14.9. The lowest BCUT2D eigenvalue weighted by Gasteiger charge is -2.23. The summed E-state index contributed by atoms with van der Waals surface area (Å²) in [4.78, 5) is 46.6. The smallest absolute Gasteiger partial charge is 0.325 e. The highest BCUT2D eigenvalue weighted by Crippen LogP contribution is 2.05. The van der Waals surface area contributed by atoms with Gasteiger partial charge in [0.2, 0.25) is 17.7 Å². The molecule has 0 spiro atoms. The Morgan fingerprint density at radius 3 is 1.88 bits per heavy atom. The van der Waals surface area contributed by atoms with Gasteiger partial charge in [0.05, 0.1) is 12.6 Å². The monoisotopic (exact) mass is 360 g/mol. The first-order valence-electron chi connectivity index (χ1n) is 8.05. The highest BCUT2D eigenvalue weighted by atomic mass is 16.4. The Morgan fingerprint density at radius 2 is 1.44 bits per heavy atom. The number of carboxylic acids is 1. The molecule has 0 aliphatic heterocycles. The third-order valence-electron chi connectivity index (χ3n) is 3.86. The number of aliphatic hydroxyl groups excluding tert-OH is 1. The van der Waals surface area contributed by atoms with Crippen molar-refractivity contribution in [2.75, 3.05) is 6.61 Å². The zero-order chi connectivity index (χ0) is 19.7. The second-order valence-electron chi connectivity index (χ2n) is 5.95. The highest BCUT2D eigenvalue weighted by molar-refractivity contribution is 5.93. The average molecular weight is 360 g/mol. The maximum atomic E-state index is 12.1. The maximum Gasteiger partial charge on any atom is 0.325 e. The lowest BCUT2D eigenvalue weighted by atomic mass is 9.99. The molecular weight excluding hydrogens is 332 g/mol. The van der Waals surface area contributed by atoms with Crippen LogP contribution in [0, 0.1) is 5.92 Å². The first-order chi connectivity index (χ1) is 11.5. The zero-order valence-electron chi connectivity index (χ0n) is 14.9. The van der Waals surface area contributed by atoms with Gasteiger partial charge in [-0.2, -0.15) is 0 Å². The summed E-state index contributed by atoms with van der Waals surface area (Å²) in [5.41, 5.74) is 5.78. The molecule has 0 fully saturated rings. The molecule has 0 aromatic heterocycles. The summed E-state index contributed by atoms with van der Waals surface area (Å²) in [6.07, 6.45) is 0.698. The molecule has 10 nitrogen and oxygen atoms in total. The standard InChI is InChI=1S/C15H28N4O6/c1-5-7(2)11(16)14(23)17-8(3)12(21)19-10(6-20)13(22)18-9(4)15(24)25/h7-11,20H,5-6,16H2,1-4H3,(H,17,23)(H,18,22)(H,19,21)(H,24,25). The van der Waals surface area contributed by atoms with Crippen molar-refractivity contribution in [1.29, 1.82) is 0 Å². The fourth-order valence-electron chi connectivity index (χ4n) is 1.75. The molecule has 7 N–H and O–H groups in total. The van der Waals surface area contributed by atoms with Crippen LogP contribution >= 0.6 is 0 Å². The number of aliphatic hydroxyl groups is 1. The molecule has 0 aromatic rings. The Labute approximate surface area is 146 Å². The molecular formula is C15H28N4O6. The van der Waals surface area contributed by atoms with Gasteiger partial charge >= 0.3 is 5.97 Å². The Morgan fingerprint density at radius 1 is 0.920 bits per heavy atom. The van der Waals surface area contributed by atoms with Crippen LogP contribution in [0.15, 0.2) is 0 Å². The first-order valence-corrected chi connectivity index (χ1v) is 8.05. The summed E-state index contributed by atoms with van der Waals surface area (Å²) in [6.45, 7) is 5.62. The van der Waals surface area contributed by atoms with Crippen molar-refractivity contribution in [2.45, 2.75) is 58.3 Å². The molecule has 0 radical (unpaired) electrons. The van der Waals surface area contributed by atoms with Gasteiger partial charge in [-0.15, -0.1) is 0 Å². The fraction of sp³-hybridized carbons (Fsp3) is 0.733. The van der Waals surface area contributed by atoms with E-state index in [9.17, 15) is 24.3 Å². The summed E-state index contributed by atoms with van der Waals surface area (Å²) < 4.78 is 0. The van der Waals surface area contributed by atoms with Crippen molar-refractivity contribution in [3.63, 3.8) is 0 Å². The minimum absolute atomic E-state index is 0.0660. The van der Waals surface area contributed by atoms with E-state index in [-0.39, 0.29) is 5.92 Å². The normalized spacial score (nSPS) is 16.7. The SMILES string of the molecule is CCC(C)C(N)C(=O)NC(C)C(=O)NC(CO)C(=O)NC(C)C(=O)O. The van der Waals surface area contributed by atoms with Crippen molar-refractivity contribution in [1.82, 2.24) is 16.0 Å². The molecule has 5 atom stereocenters. The third kappa shape index (κ3) is 7.48. The Hall–Kier alpha value is -2.20. The molecule has 0 aliphatic carbocycles. The van der Waals surface area contributed by atoms with E-state index in [1.165, 1.54) is 13.8 Å². The van der Waals surface area contributed by atoms with Crippen molar-refractivity contribution < 1.29 is 29.4 Å². The van der Waals surface area contributed by atoms with E-state index in [1.807, 2.05) is 13.8 Å². The maximum absolute atomic E-state index is 12.1. The third-order valence-corrected chi connectivity index (χ3v) is 3.86. The van der Waals surface area contributed by atoms with Gasteiger partial charge in [-0.25, -0.2) is 0 Å². The minimum Gasteiger partial charge on any atom is -0.480 e. The number of hydrogen-bond donors (Lipinski definition) is 6. The second kappa shape index (κ2) is 10.6. The van der Waals surface area contributed by atoms with Crippen LogP contribution in [0.3, 0.4) is 0 Å². The van der Waals surface area contributed by atoms with Crippen molar-refractivity contribution >= 4 is 23.7 Å². The number of carbonyl (C=O) groups is 4. The van der Waals surface area contributed by atoms with Crippen LogP contribution in [0.2, 0.25) is 0 Å². The number of nitrogens with one attached hydrogen (secondary N) is 3. The predicted molar refractivity (Wildman–Crippen MR) is 89.3 cm³/mol. The number of nitrogens with two attached hydrogens (primary N) is 1. The molecule has 10 heteroatoms. The van der Waals surface area contributed by atoms with Gasteiger partial charge in [-0.1, -0.05) is 20.3 Å². The van der Waals surface area contributed by atoms with Gasteiger partial charge in [0, 0.05) is 0 Å². The first kappa shape index (κ1) is 22.8. The van der Waals surface area contributed by atoms with Crippen molar-refractivity contribution in [2.24, 2.45) is 11.7 Å². The molecule has 144 valence electrons. The van der Waals surface area contributed by atoms with E-state index in [1.54, 1.807) is 0 Å². The summed E-state index contributed by atoms with van der Waals surface area (Å²) in [5, 5.41) is 24.8. The van der Waals surface area contributed by atoms with Gasteiger partial charge in [0.15, 0.2) is 0 Å². The summed E-state index contributed by atoms with van der Waals surface area (Å²) in [6, 6.07) is -4.27. The lowest BCUT2D eigenvalue weighted by molar-refractivity contribution is -0.142. The van der Waals surface area contributed by atoms with Crippen LogP contribution in [0.4, 0.5) is 0 Å². The van der Waals surface area contributed by atoms with Crippen LogP contribution < -0.4 is 21.7 Å².